The molecule has 2 aromatic carbocycles. The first kappa shape index (κ1) is 14.7. The number of ketones is 1. The molecule has 0 saturated heterocycles. The lowest BCUT2D eigenvalue weighted by atomic mass is 10.1. The Bertz CT molecular complexity index is 1100. The van der Waals surface area contributed by atoms with Crippen molar-refractivity contribution >= 4 is 43.8 Å². The highest BCUT2D eigenvalue weighted by atomic mass is 32.1. The Labute approximate surface area is 139 Å². The number of fused-ring (bicyclic) bond motifs is 3. The lowest BCUT2D eigenvalue weighted by Crippen LogP contribution is -2.02. The van der Waals surface area contributed by atoms with Gasteiger partial charge in [-0.05, 0) is 42.5 Å². The van der Waals surface area contributed by atoms with Crippen LogP contribution in [0.25, 0.3) is 21.0 Å². The first-order valence-corrected chi connectivity index (χ1v) is 7.93. The summed E-state index contributed by atoms with van der Waals surface area (Å²) in [6.45, 7) is 0. The monoisotopic (exact) mass is 340 g/mol. The van der Waals surface area contributed by atoms with Crippen LogP contribution in [-0.2, 0) is 0 Å². The van der Waals surface area contributed by atoms with Crippen LogP contribution in [0.2, 0.25) is 0 Å². The molecule has 0 unspecified atom stereocenters. The number of carbonyl (C=O) groups excluding carboxylic acids is 1. The van der Waals surface area contributed by atoms with Gasteiger partial charge < -0.3 is 5.73 Å². The second-order valence-corrected chi connectivity index (χ2v) is 6.36. The van der Waals surface area contributed by atoms with Crippen LogP contribution in [0.4, 0.5) is 14.5 Å². The van der Waals surface area contributed by atoms with Gasteiger partial charge in [-0.2, -0.15) is 0 Å². The van der Waals surface area contributed by atoms with Crippen LogP contribution in [0.5, 0.6) is 0 Å². The van der Waals surface area contributed by atoms with Crippen molar-refractivity contribution in [3.63, 3.8) is 0 Å². The zero-order valence-corrected chi connectivity index (χ0v) is 13.0. The SMILES string of the molecule is Nc1c(C(=O)c2ccc(F)cc2)sc2c1cnc1ccc(F)cc12. The number of pyridine rings is 1. The van der Waals surface area contributed by atoms with E-state index in [4.69, 9.17) is 5.73 Å². The van der Waals surface area contributed by atoms with E-state index in [-0.39, 0.29) is 11.6 Å². The van der Waals surface area contributed by atoms with E-state index in [9.17, 15) is 13.6 Å². The van der Waals surface area contributed by atoms with Crippen molar-refractivity contribution in [2.75, 3.05) is 5.73 Å². The Morgan fingerprint density at radius 2 is 1.71 bits per heavy atom. The molecule has 118 valence electrons. The van der Waals surface area contributed by atoms with Crippen LogP contribution in [0.1, 0.15) is 15.2 Å². The molecule has 0 bridgehead atoms. The summed E-state index contributed by atoms with van der Waals surface area (Å²) in [5, 5.41) is 1.23. The summed E-state index contributed by atoms with van der Waals surface area (Å²) in [6, 6.07) is 9.58. The molecule has 0 aliphatic carbocycles. The number of rotatable bonds is 2. The van der Waals surface area contributed by atoms with Gasteiger partial charge in [-0.3, -0.25) is 9.78 Å². The smallest absolute Gasteiger partial charge is 0.205 e. The van der Waals surface area contributed by atoms with E-state index in [1.807, 2.05) is 0 Å². The molecule has 0 aliphatic rings. The van der Waals surface area contributed by atoms with E-state index in [0.717, 1.165) is 0 Å². The van der Waals surface area contributed by atoms with E-state index in [2.05, 4.69) is 4.98 Å². The van der Waals surface area contributed by atoms with Gasteiger partial charge in [0.15, 0.2) is 0 Å². The average Bonchev–Trinajstić information content (AvgIpc) is 2.92. The lowest BCUT2D eigenvalue weighted by Gasteiger charge is -2.00. The topological polar surface area (TPSA) is 56.0 Å². The molecular formula is C18H10F2N2OS. The number of nitrogens with zero attached hydrogens (tertiary/aromatic N) is 1. The first-order chi connectivity index (χ1) is 11.5. The molecule has 0 spiro atoms. The highest BCUT2D eigenvalue weighted by molar-refractivity contribution is 7.22. The number of aromatic nitrogens is 1. The van der Waals surface area contributed by atoms with E-state index in [0.29, 0.717) is 37.1 Å². The minimum absolute atomic E-state index is 0.293. The standard InChI is InChI=1S/C18H10F2N2OS/c19-10-3-1-9(2-4-10)16(23)18-15(21)13-8-22-14-6-5-11(20)7-12(14)17(13)24-18/h1-8H,21H2. The van der Waals surface area contributed by atoms with Crippen molar-refractivity contribution in [3.8, 4) is 0 Å². The average molecular weight is 340 g/mol. The van der Waals surface area contributed by atoms with Gasteiger partial charge in [0.2, 0.25) is 5.78 Å². The van der Waals surface area contributed by atoms with Crippen LogP contribution < -0.4 is 5.73 Å². The number of halogens is 2. The summed E-state index contributed by atoms with van der Waals surface area (Å²) in [5.41, 5.74) is 7.40. The molecule has 3 nitrogen and oxygen atoms in total. The van der Waals surface area contributed by atoms with Gasteiger partial charge in [0.05, 0.1) is 16.1 Å². The molecule has 4 aromatic rings. The highest BCUT2D eigenvalue weighted by Gasteiger charge is 2.20. The van der Waals surface area contributed by atoms with E-state index in [1.54, 1.807) is 12.3 Å². The zero-order valence-electron chi connectivity index (χ0n) is 12.2. The largest absolute Gasteiger partial charge is 0.397 e. The Morgan fingerprint density at radius 1 is 1.00 bits per heavy atom. The van der Waals surface area contributed by atoms with Crippen LogP contribution >= 0.6 is 11.3 Å². The van der Waals surface area contributed by atoms with Crippen LogP contribution in [0, 0.1) is 11.6 Å². The van der Waals surface area contributed by atoms with Crippen LogP contribution in [-0.4, -0.2) is 10.8 Å². The molecule has 4 rings (SSSR count). The molecule has 2 aromatic heterocycles. The predicted octanol–water partition coefficient (Wildman–Crippen LogP) is 4.54. The summed E-state index contributed by atoms with van der Waals surface area (Å²) < 4.78 is 27.3. The summed E-state index contributed by atoms with van der Waals surface area (Å²) in [6.07, 6.45) is 1.59. The molecular weight excluding hydrogens is 330 g/mol. The normalized spacial score (nSPS) is 11.2. The van der Waals surface area contributed by atoms with Crippen molar-refractivity contribution < 1.29 is 13.6 Å². The Balaban J connectivity index is 1.94. The van der Waals surface area contributed by atoms with Crippen molar-refractivity contribution in [1.82, 2.24) is 4.98 Å². The maximum Gasteiger partial charge on any atom is 0.205 e. The highest BCUT2D eigenvalue weighted by Crippen LogP contribution is 2.38. The summed E-state index contributed by atoms with van der Waals surface area (Å²) in [4.78, 5) is 17.3. The maximum absolute atomic E-state index is 13.6. The van der Waals surface area contributed by atoms with Gasteiger partial charge in [0, 0.05) is 27.2 Å². The van der Waals surface area contributed by atoms with Gasteiger partial charge in [-0.1, -0.05) is 0 Å². The van der Waals surface area contributed by atoms with Crippen molar-refractivity contribution in [1.29, 1.82) is 0 Å². The molecule has 2 heterocycles. The fraction of sp³-hybridized carbons (Fsp3) is 0. The Kier molecular flexibility index (Phi) is 3.28. The fourth-order valence-corrected chi connectivity index (χ4v) is 3.80. The van der Waals surface area contributed by atoms with E-state index >= 15 is 0 Å². The molecule has 2 N–H and O–H groups in total. The number of nitrogens with two attached hydrogens (primary N) is 1. The minimum Gasteiger partial charge on any atom is -0.397 e. The number of anilines is 1. The minimum atomic E-state index is -0.415. The van der Waals surface area contributed by atoms with Gasteiger partial charge in [0.25, 0.3) is 0 Å². The van der Waals surface area contributed by atoms with Crippen LogP contribution in [0.3, 0.4) is 0 Å². The predicted molar refractivity (Wildman–Crippen MR) is 91.3 cm³/mol. The van der Waals surface area contributed by atoms with Gasteiger partial charge in [-0.15, -0.1) is 11.3 Å². The maximum atomic E-state index is 13.6. The molecule has 0 amide bonds. The number of nitrogen functional groups attached to an aromatic ring is 1. The zero-order chi connectivity index (χ0) is 16.8. The molecule has 0 radical (unpaired) electrons. The number of hydrogen-bond acceptors (Lipinski definition) is 4. The summed E-state index contributed by atoms with van der Waals surface area (Å²) in [5.74, 6) is -1.09. The van der Waals surface area contributed by atoms with Gasteiger partial charge in [-0.25, -0.2) is 8.78 Å². The quantitative estimate of drug-likeness (QED) is 0.545. The van der Waals surface area contributed by atoms with Crippen LogP contribution in [0.15, 0.2) is 48.7 Å². The van der Waals surface area contributed by atoms with Crippen molar-refractivity contribution in [2.45, 2.75) is 0 Å². The second kappa shape index (κ2) is 5.35. The molecule has 0 atom stereocenters. The van der Waals surface area contributed by atoms with E-state index < -0.39 is 5.82 Å². The number of carbonyl (C=O) groups is 1. The Hall–Kier alpha value is -2.86. The van der Waals surface area contributed by atoms with Crippen molar-refractivity contribution in [3.05, 3.63) is 70.7 Å². The molecule has 0 aliphatic heterocycles. The molecule has 0 saturated carbocycles. The third-order valence-corrected chi connectivity index (χ3v) is 5.09. The molecule has 24 heavy (non-hydrogen) atoms. The van der Waals surface area contributed by atoms with Gasteiger partial charge in [0.1, 0.15) is 11.6 Å². The second-order valence-electron chi connectivity index (χ2n) is 5.34. The molecule has 6 heteroatoms. The number of benzene rings is 2. The van der Waals surface area contributed by atoms with E-state index in [1.165, 1.54) is 47.7 Å². The first-order valence-electron chi connectivity index (χ1n) is 7.11. The summed E-state index contributed by atoms with van der Waals surface area (Å²) in [7, 11) is 0. The number of hydrogen-bond donors (Lipinski definition) is 1. The summed E-state index contributed by atoms with van der Waals surface area (Å²) >= 11 is 1.19. The van der Waals surface area contributed by atoms with Crippen molar-refractivity contribution in [2.24, 2.45) is 0 Å². The number of thiophene rings is 1. The molecule has 0 fully saturated rings. The Morgan fingerprint density at radius 3 is 2.46 bits per heavy atom. The third kappa shape index (κ3) is 2.23. The fourth-order valence-electron chi connectivity index (χ4n) is 2.62. The lowest BCUT2D eigenvalue weighted by molar-refractivity contribution is 0.104. The third-order valence-electron chi connectivity index (χ3n) is 3.83. The van der Waals surface area contributed by atoms with Gasteiger partial charge >= 0.3 is 0 Å².